The molecule has 2 N–H and O–H groups in total. The first-order chi connectivity index (χ1) is 10.1. The van der Waals surface area contributed by atoms with Gasteiger partial charge in [0.05, 0.1) is 0 Å². The molecule has 0 spiro atoms. The molecule has 4 aliphatic carbocycles. The highest BCUT2D eigenvalue weighted by molar-refractivity contribution is 5.92. The van der Waals surface area contributed by atoms with Crippen molar-refractivity contribution in [2.24, 2.45) is 45.4 Å². The molecule has 0 radical (unpaired) electrons. The van der Waals surface area contributed by atoms with Crippen LogP contribution in [0, 0.1) is 34.5 Å². The van der Waals surface area contributed by atoms with Crippen LogP contribution in [0.5, 0.6) is 0 Å². The van der Waals surface area contributed by atoms with Crippen LogP contribution >= 0.6 is 0 Å². The molecule has 3 unspecified atom stereocenters. The van der Waals surface area contributed by atoms with Gasteiger partial charge in [-0.3, -0.25) is 0 Å². The number of hydrogen-bond acceptors (Lipinski definition) is 2. The van der Waals surface area contributed by atoms with Gasteiger partial charge in [-0.05, 0) is 80.5 Å². The molecule has 21 heavy (non-hydrogen) atoms. The third-order valence-corrected chi connectivity index (χ3v) is 8.11. The lowest BCUT2D eigenvalue weighted by atomic mass is 9.46. The summed E-state index contributed by atoms with van der Waals surface area (Å²) in [5, 5.41) is 4.19. The first-order valence-electron chi connectivity index (χ1n) is 9.02. The summed E-state index contributed by atoms with van der Waals surface area (Å²) in [4.78, 5) is 0. The number of nitrogens with two attached hydrogens (primary N) is 1. The average molecular weight is 286 g/mol. The van der Waals surface area contributed by atoms with Gasteiger partial charge >= 0.3 is 0 Å². The van der Waals surface area contributed by atoms with Crippen LogP contribution in [0.1, 0.15) is 65.2 Å². The van der Waals surface area contributed by atoms with Crippen molar-refractivity contribution in [2.45, 2.75) is 65.2 Å². The van der Waals surface area contributed by atoms with Crippen molar-refractivity contribution < 1.29 is 0 Å². The van der Waals surface area contributed by atoms with Gasteiger partial charge in [0.15, 0.2) is 0 Å². The molecule has 2 heteroatoms. The number of fused-ring (bicyclic) bond motifs is 5. The summed E-state index contributed by atoms with van der Waals surface area (Å²) in [5.74, 6) is 9.36. The van der Waals surface area contributed by atoms with E-state index in [1.165, 1.54) is 50.7 Å². The van der Waals surface area contributed by atoms with Gasteiger partial charge in [-0.25, -0.2) is 0 Å². The van der Waals surface area contributed by atoms with Crippen LogP contribution in [0.25, 0.3) is 0 Å². The fourth-order valence-corrected chi connectivity index (χ4v) is 6.84. The van der Waals surface area contributed by atoms with E-state index >= 15 is 0 Å². The van der Waals surface area contributed by atoms with Crippen molar-refractivity contribution in [3.8, 4) is 0 Å². The van der Waals surface area contributed by atoms with E-state index in [2.05, 4.69) is 31.1 Å². The largest absolute Gasteiger partial charge is 0.323 e. The second kappa shape index (κ2) is 4.60. The first-order valence-corrected chi connectivity index (χ1v) is 9.02. The highest BCUT2D eigenvalue weighted by Gasteiger charge is 2.58. The molecule has 0 amide bonds. The van der Waals surface area contributed by atoms with E-state index in [4.69, 9.17) is 5.84 Å². The van der Waals surface area contributed by atoms with Gasteiger partial charge < -0.3 is 5.84 Å². The highest BCUT2D eigenvalue weighted by atomic mass is 15.1. The van der Waals surface area contributed by atoms with E-state index in [1.54, 1.807) is 0 Å². The number of hydrogen-bond donors (Lipinski definition) is 1. The molecule has 0 saturated heterocycles. The maximum Gasteiger partial charge on any atom is 0.0437 e. The van der Waals surface area contributed by atoms with Crippen molar-refractivity contribution >= 4 is 5.71 Å². The number of hydrazone groups is 1. The van der Waals surface area contributed by atoms with Crippen molar-refractivity contribution in [3.05, 3.63) is 12.2 Å². The van der Waals surface area contributed by atoms with Gasteiger partial charge in [0.1, 0.15) is 0 Å². The molecule has 6 atom stereocenters. The number of rotatable bonds is 0. The molecule has 0 aromatic rings. The van der Waals surface area contributed by atoms with E-state index in [0.29, 0.717) is 10.8 Å². The van der Waals surface area contributed by atoms with E-state index in [9.17, 15) is 0 Å². The Kier molecular flexibility index (Phi) is 3.03. The van der Waals surface area contributed by atoms with Crippen molar-refractivity contribution in [2.75, 3.05) is 0 Å². The number of allylic oxidation sites excluding steroid dienone is 2. The first kappa shape index (κ1) is 13.8. The van der Waals surface area contributed by atoms with E-state index in [1.807, 2.05) is 0 Å². The molecule has 3 fully saturated rings. The second-order valence-electron chi connectivity index (χ2n) is 8.64. The SMILES string of the molecule is C[C@]12CCC3C(CC[C@H]4CC=CC[C@]34C)C1CCC2=NN. The summed E-state index contributed by atoms with van der Waals surface area (Å²) >= 11 is 0. The summed E-state index contributed by atoms with van der Waals surface area (Å²) in [7, 11) is 0. The summed E-state index contributed by atoms with van der Waals surface area (Å²) in [5.41, 5.74) is 2.22. The molecule has 4 rings (SSSR count). The Bertz CT molecular complexity index is 494. The molecule has 0 aromatic carbocycles. The van der Waals surface area contributed by atoms with Gasteiger partial charge in [0, 0.05) is 11.1 Å². The zero-order valence-corrected chi connectivity index (χ0v) is 13.6. The Morgan fingerprint density at radius 1 is 1.10 bits per heavy atom. The second-order valence-corrected chi connectivity index (χ2v) is 8.64. The van der Waals surface area contributed by atoms with Gasteiger partial charge in [-0.15, -0.1) is 0 Å². The monoisotopic (exact) mass is 286 g/mol. The lowest BCUT2D eigenvalue weighted by Gasteiger charge is -2.59. The van der Waals surface area contributed by atoms with Crippen LogP contribution in [0.2, 0.25) is 0 Å². The van der Waals surface area contributed by atoms with E-state index in [-0.39, 0.29) is 0 Å². The molecule has 116 valence electrons. The van der Waals surface area contributed by atoms with Crippen LogP contribution in [-0.2, 0) is 0 Å². The smallest absolute Gasteiger partial charge is 0.0437 e. The Morgan fingerprint density at radius 3 is 2.76 bits per heavy atom. The zero-order chi connectivity index (χ0) is 14.7. The topological polar surface area (TPSA) is 38.4 Å². The predicted octanol–water partition coefficient (Wildman–Crippen LogP) is 4.51. The Hall–Kier alpha value is -0.790. The quantitative estimate of drug-likeness (QED) is 0.397. The van der Waals surface area contributed by atoms with Crippen LogP contribution in [-0.4, -0.2) is 5.71 Å². The third kappa shape index (κ3) is 1.74. The minimum absolute atomic E-state index is 0.323. The maximum atomic E-state index is 5.71. The molecule has 4 aliphatic rings. The van der Waals surface area contributed by atoms with Crippen LogP contribution in [0.3, 0.4) is 0 Å². The van der Waals surface area contributed by atoms with Gasteiger partial charge in [-0.2, -0.15) is 5.10 Å². The summed E-state index contributed by atoms with van der Waals surface area (Å²) in [6.45, 7) is 5.06. The summed E-state index contributed by atoms with van der Waals surface area (Å²) < 4.78 is 0. The predicted molar refractivity (Wildman–Crippen MR) is 87.9 cm³/mol. The third-order valence-electron chi connectivity index (χ3n) is 8.11. The fourth-order valence-electron chi connectivity index (χ4n) is 6.84. The average Bonchev–Trinajstić information content (AvgIpc) is 2.83. The Labute approximate surface area is 129 Å². The van der Waals surface area contributed by atoms with Crippen LogP contribution in [0.15, 0.2) is 17.3 Å². The molecule has 0 aromatic heterocycles. The van der Waals surface area contributed by atoms with Crippen LogP contribution in [0.4, 0.5) is 0 Å². The van der Waals surface area contributed by atoms with Crippen molar-refractivity contribution in [3.63, 3.8) is 0 Å². The lowest BCUT2D eigenvalue weighted by molar-refractivity contribution is -0.0761. The highest BCUT2D eigenvalue weighted by Crippen LogP contribution is 2.64. The molecule has 2 nitrogen and oxygen atoms in total. The van der Waals surface area contributed by atoms with Crippen LogP contribution < -0.4 is 5.84 Å². The molecular weight excluding hydrogens is 256 g/mol. The normalized spacial score (nSPS) is 54.1. The Balaban J connectivity index is 1.67. The summed E-state index contributed by atoms with van der Waals surface area (Å²) in [6.07, 6.45) is 15.7. The van der Waals surface area contributed by atoms with E-state index < -0.39 is 0 Å². The molecule has 3 saturated carbocycles. The fraction of sp³-hybridized carbons (Fsp3) is 0.842. The van der Waals surface area contributed by atoms with Gasteiger partial charge in [-0.1, -0.05) is 26.0 Å². The standard InChI is InChI=1S/C19H30N2/c1-18-11-4-3-5-13(18)6-7-14-15-8-9-17(21-20)19(15,2)12-10-16(14)18/h3-4,13-16H,5-12,20H2,1-2H3/t13-,14?,15?,16?,18+,19+/m1/s1. The Morgan fingerprint density at radius 2 is 1.95 bits per heavy atom. The van der Waals surface area contributed by atoms with Crippen molar-refractivity contribution in [1.29, 1.82) is 0 Å². The van der Waals surface area contributed by atoms with Gasteiger partial charge in [0.25, 0.3) is 0 Å². The minimum Gasteiger partial charge on any atom is -0.323 e. The van der Waals surface area contributed by atoms with Crippen molar-refractivity contribution in [1.82, 2.24) is 0 Å². The zero-order valence-electron chi connectivity index (χ0n) is 13.6. The number of nitrogens with zero attached hydrogens (tertiary/aromatic N) is 1. The summed E-state index contributed by atoms with van der Waals surface area (Å²) in [6, 6.07) is 0. The maximum absolute atomic E-state index is 5.71. The lowest BCUT2D eigenvalue weighted by Crippen LogP contribution is -2.52. The minimum atomic E-state index is 0.323. The molecule has 0 aliphatic heterocycles. The van der Waals surface area contributed by atoms with E-state index in [0.717, 1.165) is 30.1 Å². The van der Waals surface area contributed by atoms with Gasteiger partial charge in [0.2, 0.25) is 0 Å². The molecular formula is C19H30N2. The molecule has 0 heterocycles. The molecule has 0 bridgehead atoms.